The Kier molecular flexibility index (Phi) is 3.12. The molecular weight excluding hydrogens is 280 g/mol. The molecule has 0 saturated carbocycles. The number of fused-ring (bicyclic) bond motifs is 2. The fourth-order valence-corrected chi connectivity index (χ4v) is 3.25. The second-order valence-electron chi connectivity index (χ2n) is 6.07. The van der Waals surface area contributed by atoms with Gasteiger partial charge in [0.15, 0.2) is 0 Å². The Morgan fingerprint density at radius 2 is 1.43 bits per heavy atom. The lowest BCUT2D eigenvalue weighted by Gasteiger charge is -2.13. The lowest BCUT2D eigenvalue weighted by Crippen LogP contribution is -1.97. The molecule has 2 nitrogen and oxygen atoms in total. The van der Waals surface area contributed by atoms with Crippen molar-refractivity contribution >= 4 is 21.8 Å². The number of pyridine rings is 2. The summed E-state index contributed by atoms with van der Waals surface area (Å²) in [5, 5.41) is 2.41. The zero-order chi connectivity index (χ0) is 16.0. The van der Waals surface area contributed by atoms with Gasteiger partial charge in [-0.25, -0.2) is 9.97 Å². The van der Waals surface area contributed by atoms with Gasteiger partial charge >= 0.3 is 0 Å². The first-order valence-corrected chi connectivity index (χ1v) is 7.88. The minimum atomic E-state index is 0.938. The predicted octanol–water partition coefficient (Wildman–Crippen LogP) is 5.38. The summed E-state index contributed by atoms with van der Waals surface area (Å²) in [5.74, 6) is 0. The number of para-hydroxylation sites is 1. The van der Waals surface area contributed by atoms with Crippen LogP contribution in [-0.2, 0) is 0 Å². The van der Waals surface area contributed by atoms with E-state index >= 15 is 0 Å². The third kappa shape index (κ3) is 2.18. The third-order valence-electron chi connectivity index (χ3n) is 4.62. The molecule has 0 aliphatic heterocycles. The van der Waals surface area contributed by atoms with E-state index in [0.29, 0.717) is 0 Å². The quantitative estimate of drug-likeness (QED) is 0.472. The molecule has 0 bridgehead atoms. The molecule has 0 aliphatic carbocycles. The van der Waals surface area contributed by atoms with Gasteiger partial charge in [0.05, 0.1) is 22.4 Å². The highest BCUT2D eigenvalue weighted by molar-refractivity contribution is 5.90. The summed E-state index contributed by atoms with van der Waals surface area (Å²) >= 11 is 0. The molecule has 112 valence electrons. The van der Waals surface area contributed by atoms with Gasteiger partial charge in [0.2, 0.25) is 0 Å². The molecule has 0 radical (unpaired) electrons. The highest BCUT2D eigenvalue weighted by Gasteiger charge is 2.13. The third-order valence-corrected chi connectivity index (χ3v) is 4.62. The molecule has 2 heterocycles. The molecule has 0 amide bonds. The van der Waals surface area contributed by atoms with Gasteiger partial charge in [0, 0.05) is 10.8 Å². The van der Waals surface area contributed by atoms with Crippen LogP contribution in [0.1, 0.15) is 16.7 Å². The van der Waals surface area contributed by atoms with Crippen LogP contribution in [0.3, 0.4) is 0 Å². The van der Waals surface area contributed by atoms with Gasteiger partial charge in [-0.2, -0.15) is 0 Å². The van der Waals surface area contributed by atoms with Gasteiger partial charge < -0.3 is 0 Å². The number of benzene rings is 2. The van der Waals surface area contributed by atoms with Crippen LogP contribution in [0.2, 0.25) is 0 Å². The molecule has 0 saturated heterocycles. The van der Waals surface area contributed by atoms with Crippen molar-refractivity contribution in [2.24, 2.45) is 0 Å². The van der Waals surface area contributed by atoms with Crippen LogP contribution in [0.5, 0.6) is 0 Å². The number of aromatic nitrogens is 2. The maximum absolute atomic E-state index is 4.91. The van der Waals surface area contributed by atoms with Crippen molar-refractivity contribution in [3.8, 4) is 11.4 Å². The number of nitrogens with zero attached hydrogens (tertiary/aromatic N) is 2. The van der Waals surface area contributed by atoms with Gasteiger partial charge in [-0.3, -0.25) is 0 Å². The van der Waals surface area contributed by atoms with Crippen molar-refractivity contribution in [1.29, 1.82) is 0 Å². The number of rotatable bonds is 1. The Morgan fingerprint density at radius 1 is 0.652 bits per heavy atom. The smallest absolute Gasteiger partial charge is 0.0925 e. The minimum Gasteiger partial charge on any atom is -0.246 e. The molecule has 0 fully saturated rings. The summed E-state index contributed by atoms with van der Waals surface area (Å²) in [7, 11) is 0. The molecule has 4 aromatic rings. The van der Waals surface area contributed by atoms with Crippen LogP contribution >= 0.6 is 0 Å². The normalized spacial score (nSPS) is 11.3. The van der Waals surface area contributed by atoms with E-state index in [1.54, 1.807) is 0 Å². The van der Waals surface area contributed by atoms with Crippen LogP contribution in [0.4, 0.5) is 0 Å². The molecule has 2 aromatic carbocycles. The Morgan fingerprint density at radius 3 is 2.30 bits per heavy atom. The van der Waals surface area contributed by atoms with Crippen LogP contribution in [-0.4, -0.2) is 9.97 Å². The van der Waals surface area contributed by atoms with Crippen molar-refractivity contribution in [2.75, 3.05) is 0 Å². The summed E-state index contributed by atoms with van der Waals surface area (Å²) in [5.41, 5.74) is 7.73. The van der Waals surface area contributed by atoms with E-state index in [9.17, 15) is 0 Å². The van der Waals surface area contributed by atoms with Crippen molar-refractivity contribution in [3.63, 3.8) is 0 Å². The van der Waals surface area contributed by atoms with E-state index in [1.165, 1.54) is 22.1 Å². The zero-order valence-corrected chi connectivity index (χ0v) is 13.6. The molecule has 23 heavy (non-hydrogen) atoms. The molecule has 0 N–H and O–H groups in total. The maximum atomic E-state index is 4.91. The van der Waals surface area contributed by atoms with Gasteiger partial charge in [-0.05, 0) is 55.7 Å². The molecular formula is C21H18N2. The topological polar surface area (TPSA) is 25.8 Å². The van der Waals surface area contributed by atoms with Gasteiger partial charge in [-0.15, -0.1) is 0 Å². The van der Waals surface area contributed by atoms with E-state index in [1.807, 2.05) is 18.2 Å². The standard InChI is InChI=1S/C21H18N2/c1-13-7-6-10-18-20(13)14(2)15(3)21(23-18)19-12-11-16-8-4-5-9-17(16)22-19/h4-12H,1-3H3. The van der Waals surface area contributed by atoms with Crippen molar-refractivity contribution in [3.05, 3.63) is 71.3 Å². The summed E-state index contributed by atoms with van der Waals surface area (Å²) < 4.78 is 0. The predicted molar refractivity (Wildman–Crippen MR) is 96.7 cm³/mol. The van der Waals surface area contributed by atoms with Crippen molar-refractivity contribution < 1.29 is 0 Å². The lowest BCUT2D eigenvalue weighted by atomic mass is 9.98. The Balaban J connectivity index is 2.02. The molecule has 0 atom stereocenters. The SMILES string of the molecule is Cc1c(-c2ccc3ccccc3n2)nc2cccc(C)c2c1C. The van der Waals surface area contributed by atoms with Crippen LogP contribution in [0.25, 0.3) is 33.2 Å². The lowest BCUT2D eigenvalue weighted by molar-refractivity contribution is 1.24. The fraction of sp³-hybridized carbons (Fsp3) is 0.143. The minimum absolute atomic E-state index is 0.938. The Hall–Kier alpha value is -2.74. The summed E-state index contributed by atoms with van der Waals surface area (Å²) in [6, 6.07) is 18.7. The zero-order valence-electron chi connectivity index (χ0n) is 13.6. The van der Waals surface area contributed by atoms with Crippen LogP contribution in [0, 0.1) is 20.8 Å². The average molecular weight is 298 g/mol. The summed E-state index contributed by atoms with van der Waals surface area (Å²) in [6.45, 7) is 6.46. The first kappa shape index (κ1) is 13.9. The fourth-order valence-electron chi connectivity index (χ4n) is 3.25. The molecule has 0 spiro atoms. The Bertz CT molecular complexity index is 1050. The van der Waals surface area contributed by atoms with Crippen LogP contribution < -0.4 is 0 Å². The molecule has 2 aromatic heterocycles. The monoisotopic (exact) mass is 298 g/mol. The molecule has 4 rings (SSSR count). The van der Waals surface area contributed by atoms with Gasteiger partial charge in [0.25, 0.3) is 0 Å². The molecule has 0 unspecified atom stereocenters. The first-order valence-electron chi connectivity index (χ1n) is 7.88. The van der Waals surface area contributed by atoms with E-state index in [2.05, 4.69) is 57.2 Å². The summed E-state index contributed by atoms with van der Waals surface area (Å²) in [6.07, 6.45) is 0. The highest BCUT2D eigenvalue weighted by Crippen LogP contribution is 2.30. The van der Waals surface area contributed by atoms with E-state index in [0.717, 1.165) is 27.8 Å². The maximum Gasteiger partial charge on any atom is 0.0925 e. The molecule has 0 aliphatic rings. The molecule has 2 heteroatoms. The largest absolute Gasteiger partial charge is 0.246 e. The second-order valence-corrected chi connectivity index (χ2v) is 6.07. The van der Waals surface area contributed by atoms with Crippen molar-refractivity contribution in [2.45, 2.75) is 20.8 Å². The average Bonchev–Trinajstić information content (AvgIpc) is 2.57. The van der Waals surface area contributed by atoms with Crippen LogP contribution in [0.15, 0.2) is 54.6 Å². The summed E-state index contributed by atoms with van der Waals surface area (Å²) in [4.78, 5) is 9.73. The number of hydrogen-bond acceptors (Lipinski definition) is 2. The van der Waals surface area contributed by atoms with E-state index in [-0.39, 0.29) is 0 Å². The second kappa shape index (κ2) is 5.17. The number of aryl methyl sites for hydroxylation is 2. The Labute approximate surface area is 135 Å². The van der Waals surface area contributed by atoms with Crippen molar-refractivity contribution in [1.82, 2.24) is 9.97 Å². The van der Waals surface area contributed by atoms with Gasteiger partial charge in [0.1, 0.15) is 0 Å². The van der Waals surface area contributed by atoms with E-state index in [4.69, 9.17) is 9.97 Å². The van der Waals surface area contributed by atoms with Gasteiger partial charge in [-0.1, -0.05) is 36.4 Å². The number of hydrogen-bond donors (Lipinski definition) is 0. The highest BCUT2D eigenvalue weighted by atomic mass is 14.8. The first-order chi connectivity index (χ1) is 11.1. The van der Waals surface area contributed by atoms with E-state index < -0.39 is 0 Å².